The highest BCUT2D eigenvalue weighted by atomic mass is 28.4. The molecule has 0 heterocycles. The molecule has 0 aliphatic carbocycles. The first kappa shape index (κ1) is 16.5. The molecule has 0 saturated carbocycles. The van der Waals surface area contributed by atoms with E-state index in [2.05, 4.69) is 19.6 Å². The molecule has 0 N–H and O–H groups in total. The van der Waals surface area contributed by atoms with Gasteiger partial charge >= 0.3 is 6.16 Å². The van der Waals surface area contributed by atoms with E-state index in [0.717, 1.165) is 5.56 Å². The Hall–Kier alpha value is -1.59. The average Bonchev–Trinajstić information content (AvgIpc) is 2.36. The van der Waals surface area contributed by atoms with Gasteiger partial charge in [-0.2, -0.15) is 0 Å². The number of carbonyl (C=O) groups excluding carboxylic acids is 1. The van der Waals surface area contributed by atoms with Crippen molar-refractivity contribution in [1.29, 1.82) is 0 Å². The maximum absolute atomic E-state index is 11.5. The molecule has 0 atom stereocenters. The minimum Gasteiger partial charge on any atom is -0.429 e. The summed E-state index contributed by atoms with van der Waals surface area (Å²) in [5, 5.41) is 0. The fourth-order valence-electron chi connectivity index (χ4n) is 1.33. The number of ether oxygens (including phenoxy) is 2. The third-order valence-corrected chi connectivity index (χ3v) is 3.36. The maximum atomic E-state index is 11.5. The largest absolute Gasteiger partial charge is 0.513 e. The van der Waals surface area contributed by atoms with E-state index in [1.165, 1.54) is 0 Å². The van der Waals surface area contributed by atoms with E-state index in [1.54, 1.807) is 13.0 Å². The molecule has 0 unspecified atom stereocenters. The Morgan fingerprint density at radius 3 is 2.45 bits per heavy atom. The van der Waals surface area contributed by atoms with Gasteiger partial charge in [0, 0.05) is 0 Å². The van der Waals surface area contributed by atoms with Crippen LogP contribution in [0.1, 0.15) is 12.5 Å². The standard InChI is InChI=1S/C15H22O4Si/c1-13(10-11-18-20(2,3)4)19-15(16)17-12-14-8-6-5-7-9-14/h5-10H,11-12H2,1-4H3. The molecule has 20 heavy (non-hydrogen) atoms. The Labute approximate surface area is 121 Å². The van der Waals surface area contributed by atoms with E-state index in [0.29, 0.717) is 12.4 Å². The van der Waals surface area contributed by atoms with Crippen molar-refractivity contribution in [2.45, 2.75) is 33.2 Å². The van der Waals surface area contributed by atoms with Crippen LogP contribution in [-0.2, 0) is 20.5 Å². The smallest absolute Gasteiger partial charge is 0.429 e. The second-order valence-electron chi connectivity index (χ2n) is 5.36. The van der Waals surface area contributed by atoms with Gasteiger partial charge < -0.3 is 13.9 Å². The van der Waals surface area contributed by atoms with Crippen LogP contribution in [0.3, 0.4) is 0 Å². The van der Waals surface area contributed by atoms with Crippen molar-refractivity contribution in [2.75, 3.05) is 6.61 Å². The summed E-state index contributed by atoms with van der Waals surface area (Å²) in [6.45, 7) is 8.67. The fraction of sp³-hybridized carbons (Fsp3) is 0.400. The number of allylic oxidation sites excluding steroid dienone is 1. The topological polar surface area (TPSA) is 44.8 Å². The number of rotatable bonds is 6. The Bertz CT molecular complexity index is 449. The lowest BCUT2D eigenvalue weighted by Crippen LogP contribution is -2.25. The van der Waals surface area contributed by atoms with Gasteiger partial charge in [0.1, 0.15) is 12.4 Å². The average molecular weight is 294 g/mol. The van der Waals surface area contributed by atoms with Gasteiger partial charge in [0.15, 0.2) is 8.32 Å². The Morgan fingerprint density at radius 2 is 1.85 bits per heavy atom. The lowest BCUT2D eigenvalue weighted by atomic mass is 10.2. The van der Waals surface area contributed by atoms with E-state index in [-0.39, 0.29) is 6.61 Å². The quantitative estimate of drug-likeness (QED) is 0.450. The van der Waals surface area contributed by atoms with Gasteiger partial charge in [-0.1, -0.05) is 30.3 Å². The third-order valence-electron chi connectivity index (χ3n) is 2.33. The zero-order valence-corrected chi connectivity index (χ0v) is 13.5. The number of benzene rings is 1. The second-order valence-corrected chi connectivity index (χ2v) is 9.88. The summed E-state index contributed by atoms with van der Waals surface area (Å²) in [5.74, 6) is 0.487. The van der Waals surface area contributed by atoms with Gasteiger partial charge in [-0.25, -0.2) is 4.79 Å². The highest BCUT2D eigenvalue weighted by molar-refractivity contribution is 6.69. The molecule has 0 saturated heterocycles. The van der Waals surface area contributed by atoms with E-state index >= 15 is 0 Å². The normalized spacial score (nSPS) is 12.1. The Balaban J connectivity index is 2.29. The molecule has 1 aromatic carbocycles. The maximum Gasteiger partial charge on any atom is 0.513 e. The van der Waals surface area contributed by atoms with Gasteiger partial charge in [0.05, 0.1) is 6.61 Å². The number of hydrogen-bond donors (Lipinski definition) is 0. The molecule has 4 nitrogen and oxygen atoms in total. The predicted octanol–water partition coefficient (Wildman–Crippen LogP) is 4.10. The molecule has 0 radical (unpaired) electrons. The lowest BCUT2D eigenvalue weighted by Gasteiger charge is -2.15. The van der Waals surface area contributed by atoms with Crippen LogP contribution in [0.2, 0.25) is 19.6 Å². The van der Waals surface area contributed by atoms with Crippen molar-refractivity contribution in [1.82, 2.24) is 0 Å². The minimum atomic E-state index is -1.54. The Morgan fingerprint density at radius 1 is 1.20 bits per heavy atom. The molecule has 0 amide bonds. The first-order valence-electron chi connectivity index (χ1n) is 6.56. The van der Waals surface area contributed by atoms with Crippen LogP contribution in [0.15, 0.2) is 42.2 Å². The fourth-order valence-corrected chi connectivity index (χ4v) is 1.91. The second kappa shape index (κ2) is 7.87. The molecule has 0 spiro atoms. The van der Waals surface area contributed by atoms with E-state index in [9.17, 15) is 4.79 Å². The summed E-state index contributed by atoms with van der Waals surface area (Å²) >= 11 is 0. The highest BCUT2D eigenvalue weighted by Gasteiger charge is 2.13. The molecule has 0 fully saturated rings. The molecular formula is C15H22O4Si. The molecule has 0 aliphatic rings. The van der Waals surface area contributed by atoms with Crippen LogP contribution in [0.5, 0.6) is 0 Å². The predicted molar refractivity (Wildman–Crippen MR) is 80.8 cm³/mol. The van der Waals surface area contributed by atoms with Crippen molar-refractivity contribution >= 4 is 14.5 Å². The van der Waals surface area contributed by atoms with E-state index in [1.807, 2.05) is 30.3 Å². The van der Waals surface area contributed by atoms with Crippen LogP contribution in [0.4, 0.5) is 4.79 Å². The van der Waals surface area contributed by atoms with Crippen molar-refractivity contribution in [3.05, 3.63) is 47.7 Å². The zero-order chi connectivity index (χ0) is 15.0. The number of hydrogen-bond acceptors (Lipinski definition) is 4. The van der Waals surface area contributed by atoms with Gasteiger partial charge in [-0.05, 0) is 38.2 Å². The first-order valence-corrected chi connectivity index (χ1v) is 9.97. The monoisotopic (exact) mass is 294 g/mol. The lowest BCUT2D eigenvalue weighted by molar-refractivity contribution is 0.0711. The summed E-state index contributed by atoms with van der Waals surface area (Å²) in [7, 11) is -1.54. The summed E-state index contributed by atoms with van der Waals surface area (Å²) in [6, 6.07) is 9.47. The summed E-state index contributed by atoms with van der Waals surface area (Å²) < 4.78 is 15.7. The van der Waals surface area contributed by atoms with Crippen molar-refractivity contribution < 1.29 is 18.7 Å². The van der Waals surface area contributed by atoms with Crippen LogP contribution >= 0.6 is 0 Å². The summed E-state index contributed by atoms with van der Waals surface area (Å²) in [6.07, 6.45) is 1.04. The van der Waals surface area contributed by atoms with Gasteiger partial charge in [-0.15, -0.1) is 0 Å². The van der Waals surface area contributed by atoms with Crippen molar-refractivity contribution in [2.24, 2.45) is 0 Å². The van der Waals surface area contributed by atoms with Crippen LogP contribution in [0, 0.1) is 0 Å². The summed E-state index contributed by atoms with van der Waals surface area (Å²) in [4.78, 5) is 11.5. The van der Waals surface area contributed by atoms with E-state index in [4.69, 9.17) is 13.9 Å². The number of carbonyl (C=O) groups is 1. The van der Waals surface area contributed by atoms with Gasteiger partial charge in [-0.3, -0.25) is 0 Å². The third kappa shape index (κ3) is 7.76. The molecule has 110 valence electrons. The molecule has 0 aromatic heterocycles. The van der Waals surface area contributed by atoms with Gasteiger partial charge in [0.2, 0.25) is 0 Å². The van der Waals surface area contributed by atoms with Crippen LogP contribution < -0.4 is 0 Å². The SMILES string of the molecule is CC(=CCO[Si](C)(C)C)OC(=O)OCc1ccccc1. The summed E-state index contributed by atoms with van der Waals surface area (Å²) in [5.41, 5.74) is 0.924. The first-order chi connectivity index (χ1) is 9.37. The molecular weight excluding hydrogens is 272 g/mol. The van der Waals surface area contributed by atoms with Crippen molar-refractivity contribution in [3.8, 4) is 0 Å². The molecule has 1 aromatic rings. The molecule has 0 bridgehead atoms. The molecule has 1 rings (SSSR count). The van der Waals surface area contributed by atoms with Crippen LogP contribution in [-0.4, -0.2) is 21.1 Å². The zero-order valence-electron chi connectivity index (χ0n) is 12.5. The molecule has 0 aliphatic heterocycles. The molecule has 5 heteroatoms. The van der Waals surface area contributed by atoms with Gasteiger partial charge in [0.25, 0.3) is 0 Å². The Kier molecular flexibility index (Phi) is 6.47. The minimum absolute atomic E-state index is 0.207. The van der Waals surface area contributed by atoms with Crippen LogP contribution in [0.25, 0.3) is 0 Å². The van der Waals surface area contributed by atoms with Crippen molar-refractivity contribution in [3.63, 3.8) is 0 Å². The highest BCUT2D eigenvalue weighted by Crippen LogP contribution is 2.06. The van der Waals surface area contributed by atoms with E-state index < -0.39 is 14.5 Å².